The van der Waals surface area contributed by atoms with Crippen LogP contribution in [0.15, 0.2) is 29.2 Å². The normalized spacial score (nSPS) is 12.5. The first-order chi connectivity index (χ1) is 8.52. The van der Waals surface area contributed by atoms with E-state index in [0.717, 1.165) is 10.5 Å². The summed E-state index contributed by atoms with van der Waals surface area (Å²) in [6, 6.07) is 7.73. The van der Waals surface area contributed by atoms with Gasteiger partial charge in [-0.1, -0.05) is 26.0 Å². The quantitative estimate of drug-likeness (QED) is 0.779. The molecule has 4 heteroatoms. The Kier molecular flexibility index (Phi) is 6.22. The number of nitrogens with one attached hydrogen (secondary N) is 1. The van der Waals surface area contributed by atoms with E-state index in [0.29, 0.717) is 12.3 Å². The molecule has 1 aromatic carbocycles. The molecule has 0 saturated carbocycles. The molecule has 1 aromatic rings. The van der Waals surface area contributed by atoms with Crippen LogP contribution >= 0.6 is 11.8 Å². The standard InChI is InChI=1S/C14H21NO2S/c1-10(2)8-14(17)15-9-13(16)11-4-6-12(18-3)7-5-11/h4-7,10,13,16H,8-9H2,1-3H3,(H,15,17). The molecule has 0 bridgehead atoms. The van der Waals surface area contributed by atoms with Gasteiger partial charge in [-0.3, -0.25) is 4.79 Å². The number of aliphatic hydroxyl groups excluding tert-OH is 1. The number of rotatable bonds is 6. The predicted octanol–water partition coefficient (Wildman–Crippen LogP) is 2.60. The Labute approximate surface area is 113 Å². The van der Waals surface area contributed by atoms with Gasteiger partial charge in [-0.25, -0.2) is 0 Å². The third-order valence-corrected chi connectivity index (χ3v) is 3.33. The van der Waals surface area contributed by atoms with E-state index in [-0.39, 0.29) is 12.5 Å². The van der Waals surface area contributed by atoms with Gasteiger partial charge in [-0.15, -0.1) is 11.8 Å². The monoisotopic (exact) mass is 267 g/mol. The second-order valence-corrected chi connectivity index (χ2v) is 5.57. The van der Waals surface area contributed by atoms with Crippen LogP contribution in [0, 0.1) is 5.92 Å². The number of aliphatic hydroxyl groups is 1. The van der Waals surface area contributed by atoms with Crippen LogP contribution in [0.2, 0.25) is 0 Å². The molecule has 0 aliphatic rings. The van der Waals surface area contributed by atoms with Crippen molar-refractivity contribution in [2.45, 2.75) is 31.3 Å². The maximum atomic E-state index is 11.5. The highest BCUT2D eigenvalue weighted by molar-refractivity contribution is 7.98. The Balaban J connectivity index is 2.44. The zero-order valence-corrected chi connectivity index (χ0v) is 12.0. The summed E-state index contributed by atoms with van der Waals surface area (Å²) in [7, 11) is 0. The van der Waals surface area contributed by atoms with Crippen molar-refractivity contribution in [3.8, 4) is 0 Å². The molecule has 0 heterocycles. The second kappa shape index (κ2) is 7.44. The Morgan fingerprint density at radius 3 is 2.44 bits per heavy atom. The first-order valence-electron chi connectivity index (χ1n) is 6.11. The summed E-state index contributed by atoms with van der Waals surface area (Å²) in [4.78, 5) is 12.6. The summed E-state index contributed by atoms with van der Waals surface area (Å²) in [5.74, 6) is 0.327. The van der Waals surface area contributed by atoms with Gasteiger partial charge in [-0.2, -0.15) is 0 Å². The van der Waals surface area contributed by atoms with Crippen LogP contribution in [0.4, 0.5) is 0 Å². The van der Waals surface area contributed by atoms with E-state index in [2.05, 4.69) is 5.32 Å². The summed E-state index contributed by atoms with van der Waals surface area (Å²) < 4.78 is 0. The van der Waals surface area contributed by atoms with Gasteiger partial charge in [0.1, 0.15) is 0 Å². The molecule has 0 fully saturated rings. The Morgan fingerprint density at radius 1 is 1.33 bits per heavy atom. The van der Waals surface area contributed by atoms with E-state index >= 15 is 0 Å². The lowest BCUT2D eigenvalue weighted by Gasteiger charge is -2.13. The Morgan fingerprint density at radius 2 is 1.94 bits per heavy atom. The van der Waals surface area contributed by atoms with Gasteiger partial charge in [0.2, 0.25) is 5.91 Å². The molecule has 0 aromatic heterocycles. The fourth-order valence-electron chi connectivity index (χ4n) is 1.60. The lowest BCUT2D eigenvalue weighted by Crippen LogP contribution is -2.29. The van der Waals surface area contributed by atoms with E-state index < -0.39 is 6.10 Å². The molecule has 100 valence electrons. The molecule has 0 saturated heterocycles. The molecule has 3 nitrogen and oxygen atoms in total. The van der Waals surface area contributed by atoms with Crippen molar-refractivity contribution in [1.29, 1.82) is 0 Å². The fraction of sp³-hybridized carbons (Fsp3) is 0.500. The minimum absolute atomic E-state index is 0.00946. The highest BCUT2D eigenvalue weighted by Crippen LogP contribution is 2.18. The van der Waals surface area contributed by atoms with Gasteiger partial charge >= 0.3 is 0 Å². The van der Waals surface area contributed by atoms with Crippen LogP contribution in [0.3, 0.4) is 0 Å². The topological polar surface area (TPSA) is 49.3 Å². The number of hydrogen-bond donors (Lipinski definition) is 2. The van der Waals surface area contributed by atoms with Crippen LogP contribution in [-0.4, -0.2) is 23.8 Å². The molecule has 18 heavy (non-hydrogen) atoms. The summed E-state index contributed by atoms with van der Waals surface area (Å²) in [6.45, 7) is 4.26. The van der Waals surface area contributed by atoms with Crippen molar-refractivity contribution in [2.75, 3.05) is 12.8 Å². The van der Waals surface area contributed by atoms with Gasteiger partial charge in [0.25, 0.3) is 0 Å². The Bertz CT molecular complexity index is 376. The van der Waals surface area contributed by atoms with E-state index in [4.69, 9.17) is 0 Å². The number of benzene rings is 1. The van der Waals surface area contributed by atoms with E-state index in [1.807, 2.05) is 44.4 Å². The van der Waals surface area contributed by atoms with Crippen molar-refractivity contribution < 1.29 is 9.90 Å². The van der Waals surface area contributed by atoms with Crippen LogP contribution in [-0.2, 0) is 4.79 Å². The van der Waals surface area contributed by atoms with E-state index in [1.165, 1.54) is 0 Å². The third-order valence-electron chi connectivity index (χ3n) is 2.59. The van der Waals surface area contributed by atoms with Gasteiger partial charge in [0.05, 0.1) is 6.10 Å². The summed E-state index contributed by atoms with van der Waals surface area (Å²) in [5, 5.41) is 12.7. The Hall–Kier alpha value is -1.00. The summed E-state index contributed by atoms with van der Waals surface area (Å²) in [5.41, 5.74) is 0.831. The summed E-state index contributed by atoms with van der Waals surface area (Å²) in [6.07, 6.45) is 1.87. The molecule has 1 atom stereocenters. The lowest BCUT2D eigenvalue weighted by atomic mass is 10.1. The lowest BCUT2D eigenvalue weighted by molar-refractivity contribution is -0.122. The van der Waals surface area contributed by atoms with Crippen molar-refractivity contribution >= 4 is 17.7 Å². The average molecular weight is 267 g/mol. The molecule has 2 N–H and O–H groups in total. The molecule has 1 unspecified atom stereocenters. The van der Waals surface area contributed by atoms with Crippen LogP contribution in [0.1, 0.15) is 31.9 Å². The average Bonchev–Trinajstić information content (AvgIpc) is 2.35. The van der Waals surface area contributed by atoms with Gasteiger partial charge in [0.15, 0.2) is 0 Å². The second-order valence-electron chi connectivity index (χ2n) is 4.69. The number of carbonyl (C=O) groups excluding carboxylic acids is 1. The fourth-order valence-corrected chi connectivity index (χ4v) is 2.01. The molecular formula is C14H21NO2S. The highest BCUT2D eigenvalue weighted by atomic mass is 32.2. The van der Waals surface area contributed by atoms with E-state index in [1.54, 1.807) is 11.8 Å². The predicted molar refractivity (Wildman–Crippen MR) is 75.6 cm³/mol. The SMILES string of the molecule is CSc1ccc(C(O)CNC(=O)CC(C)C)cc1. The molecule has 0 aliphatic heterocycles. The maximum Gasteiger partial charge on any atom is 0.220 e. The van der Waals surface area contributed by atoms with Crippen molar-refractivity contribution in [2.24, 2.45) is 5.92 Å². The van der Waals surface area contributed by atoms with Crippen molar-refractivity contribution in [3.05, 3.63) is 29.8 Å². The molecule has 1 amide bonds. The number of amides is 1. The minimum Gasteiger partial charge on any atom is -0.387 e. The molecule has 0 radical (unpaired) electrons. The highest BCUT2D eigenvalue weighted by Gasteiger charge is 2.10. The molecule has 0 aliphatic carbocycles. The van der Waals surface area contributed by atoms with Crippen molar-refractivity contribution in [3.63, 3.8) is 0 Å². The van der Waals surface area contributed by atoms with Gasteiger partial charge < -0.3 is 10.4 Å². The molecular weight excluding hydrogens is 246 g/mol. The zero-order valence-electron chi connectivity index (χ0n) is 11.1. The largest absolute Gasteiger partial charge is 0.387 e. The third kappa shape index (κ3) is 5.10. The number of hydrogen-bond acceptors (Lipinski definition) is 3. The van der Waals surface area contributed by atoms with Gasteiger partial charge in [0, 0.05) is 17.9 Å². The molecule has 1 rings (SSSR count). The van der Waals surface area contributed by atoms with Crippen LogP contribution in [0.25, 0.3) is 0 Å². The van der Waals surface area contributed by atoms with Crippen LogP contribution in [0.5, 0.6) is 0 Å². The summed E-state index contributed by atoms with van der Waals surface area (Å²) >= 11 is 1.66. The van der Waals surface area contributed by atoms with Gasteiger partial charge in [-0.05, 0) is 29.9 Å². The smallest absolute Gasteiger partial charge is 0.220 e. The van der Waals surface area contributed by atoms with E-state index in [9.17, 15) is 9.90 Å². The first-order valence-corrected chi connectivity index (χ1v) is 7.34. The zero-order chi connectivity index (χ0) is 13.5. The molecule has 0 spiro atoms. The van der Waals surface area contributed by atoms with Crippen molar-refractivity contribution in [1.82, 2.24) is 5.32 Å². The number of thioether (sulfide) groups is 1. The number of carbonyl (C=O) groups is 1. The maximum absolute atomic E-state index is 11.5. The minimum atomic E-state index is -0.642. The van der Waals surface area contributed by atoms with Crippen LogP contribution < -0.4 is 5.32 Å². The first kappa shape index (κ1) is 15.1.